The molecule has 2 N–H and O–H groups in total. The summed E-state index contributed by atoms with van der Waals surface area (Å²) in [5.74, 6) is 0.0467. The highest BCUT2D eigenvalue weighted by Crippen LogP contribution is 2.29. The second-order valence-corrected chi connectivity index (χ2v) is 6.75. The number of halogens is 2. The Bertz CT molecular complexity index is 653. The van der Waals surface area contributed by atoms with E-state index in [4.69, 9.17) is 10.5 Å². The molecular weight excluding hydrogens is 335 g/mol. The molecular formula is C16H18BrFN2O. The van der Waals surface area contributed by atoms with Gasteiger partial charge in [-0.1, -0.05) is 36.7 Å². The second kappa shape index (κ2) is 6.12. The first kappa shape index (κ1) is 15.9. The summed E-state index contributed by atoms with van der Waals surface area (Å²) in [6.45, 7) is 6.55. The predicted molar refractivity (Wildman–Crippen MR) is 85.0 cm³/mol. The van der Waals surface area contributed by atoms with Crippen molar-refractivity contribution in [3.05, 3.63) is 51.9 Å². The van der Waals surface area contributed by atoms with E-state index in [1.807, 2.05) is 6.07 Å². The molecule has 1 aromatic carbocycles. The molecule has 0 saturated heterocycles. The molecule has 21 heavy (non-hydrogen) atoms. The van der Waals surface area contributed by atoms with Gasteiger partial charge in [-0.2, -0.15) is 0 Å². The van der Waals surface area contributed by atoms with Crippen molar-refractivity contribution in [2.75, 3.05) is 0 Å². The number of nitrogens with two attached hydrogens (primary N) is 1. The zero-order valence-corrected chi connectivity index (χ0v) is 13.9. The van der Waals surface area contributed by atoms with Crippen molar-refractivity contribution in [1.82, 2.24) is 4.98 Å². The molecule has 2 rings (SSSR count). The SMILES string of the molecule is CC(C)(C)c1cc(CN)cc(Oc2ccc(Br)cc2F)n1. The van der Waals surface area contributed by atoms with Crippen LogP contribution in [0.15, 0.2) is 34.8 Å². The van der Waals surface area contributed by atoms with Gasteiger partial charge in [-0.25, -0.2) is 9.37 Å². The third kappa shape index (κ3) is 4.02. The number of nitrogens with zero attached hydrogens (tertiary/aromatic N) is 1. The molecule has 0 bridgehead atoms. The fourth-order valence-corrected chi connectivity index (χ4v) is 2.12. The molecule has 0 spiro atoms. The van der Waals surface area contributed by atoms with Crippen LogP contribution >= 0.6 is 15.9 Å². The van der Waals surface area contributed by atoms with Crippen molar-refractivity contribution in [2.45, 2.75) is 32.7 Å². The van der Waals surface area contributed by atoms with E-state index in [2.05, 4.69) is 41.7 Å². The van der Waals surface area contributed by atoms with Gasteiger partial charge in [0.25, 0.3) is 0 Å². The van der Waals surface area contributed by atoms with Gasteiger partial charge in [0.2, 0.25) is 5.88 Å². The first-order valence-electron chi connectivity index (χ1n) is 6.64. The number of hydrogen-bond donors (Lipinski definition) is 1. The van der Waals surface area contributed by atoms with E-state index in [1.54, 1.807) is 18.2 Å². The summed E-state index contributed by atoms with van der Waals surface area (Å²) in [5, 5.41) is 0. The first-order valence-corrected chi connectivity index (χ1v) is 7.43. The number of rotatable bonds is 3. The fourth-order valence-electron chi connectivity index (χ4n) is 1.78. The van der Waals surface area contributed by atoms with Gasteiger partial charge in [-0.15, -0.1) is 0 Å². The molecule has 5 heteroatoms. The van der Waals surface area contributed by atoms with Crippen molar-refractivity contribution in [3.8, 4) is 11.6 Å². The van der Waals surface area contributed by atoms with Crippen LogP contribution in [0.3, 0.4) is 0 Å². The quantitative estimate of drug-likeness (QED) is 0.882. The molecule has 3 nitrogen and oxygen atoms in total. The zero-order chi connectivity index (χ0) is 15.6. The lowest BCUT2D eigenvalue weighted by Gasteiger charge is -2.19. The second-order valence-electron chi connectivity index (χ2n) is 5.83. The van der Waals surface area contributed by atoms with E-state index >= 15 is 0 Å². The van der Waals surface area contributed by atoms with Crippen LogP contribution in [0.25, 0.3) is 0 Å². The Labute approximate surface area is 132 Å². The highest BCUT2D eigenvalue weighted by molar-refractivity contribution is 9.10. The Kier molecular flexibility index (Phi) is 4.64. The van der Waals surface area contributed by atoms with Crippen LogP contribution in [0.2, 0.25) is 0 Å². The number of pyridine rings is 1. The van der Waals surface area contributed by atoms with E-state index in [9.17, 15) is 4.39 Å². The monoisotopic (exact) mass is 352 g/mol. The van der Waals surface area contributed by atoms with Gasteiger partial charge in [0.1, 0.15) is 0 Å². The Balaban J connectivity index is 2.39. The summed E-state index contributed by atoms with van der Waals surface area (Å²) in [6, 6.07) is 8.32. The van der Waals surface area contributed by atoms with E-state index in [0.29, 0.717) is 16.9 Å². The first-order chi connectivity index (χ1) is 9.79. The predicted octanol–water partition coefficient (Wildman–Crippen LogP) is 4.53. The standard InChI is InChI=1S/C16H18BrFN2O/c1-16(2,3)14-6-10(9-19)7-15(20-14)21-13-5-4-11(17)8-12(13)18/h4-8H,9,19H2,1-3H3. The van der Waals surface area contributed by atoms with E-state index in [0.717, 1.165) is 11.3 Å². The molecule has 0 aliphatic carbocycles. The van der Waals surface area contributed by atoms with Crippen LogP contribution in [0.5, 0.6) is 11.6 Å². The minimum atomic E-state index is -0.443. The van der Waals surface area contributed by atoms with Gasteiger partial charge in [0.05, 0.1) is 5.69 Å². The van der Waals surface area contributed by atoms with Gasteiger partial charge in [-0.05, 0) is 29.8 Å². The molecule has 1 heterocycles. The third-order valence-electron chi connectivity index (χ3n) is 2.97. The fraction of sp³-hybridized carbons (Fsp3) is 0.312. The maximum Gasteiger partial charge on any atom is 0.219 e. The smallest absolute Gasteiger partial charge is 0.219 e. The molecule has 0 aliphatic heterocycles. The van der Waals surface area contributed by atoms with Gasteiger partial charge >= 0.3 is 0 Å². The number of ether oxygens (including phenoxy) is 1. The Morgan fingerprint density at radius 2 is 1.95 bits per heavy atom. The molecule has 0 fully saturated rings. The van der Waals surface area contributed by atoms with Gasteiger partial charge in [0.15, 0.2) is 11.6 Å². The number of hydrogen-bond acceptors (Lipinski definition) is 3. The lowest BCUT2D eigenvalue weighted by atomic mass is 9.91. The van der Waals surface area contributed by atoms with Crippen LogP contribution in [0, 0.1) is 5.82 Å². The van der Waals surface area contributed by atoms with Gasteiger partial charge < -0.3 is 10.5 Å². The maximum absolute atomic E-state index is 13.8. The van der Waals surface area contributed by atoms with Crippen LogP contribution in [-0.2, 0) is 12.0 Å². The maximum atomic E-state index is 13.8. The van der Waals surface area contributed by atoms with E-state index < -0.39 is 5.82 Å². The molecule has 0 unspecified atom stereocenters. The summed E-state index contributed by atoms with van der Waals surface area (Å²) in [5.41, 5.74) is 7.34. The summed E-state index contributed by atoms with van der Waals surface area (Å²) >= 11 is 3.21. The lowest BCUT2D eigenvalue weighted by Crippen LogP contribution is -2.15. The molecule has 112 valence electrons. The average Bonchev–Trinajstić information content (AvgIpc) is 2.40. The summed E-state index contributed by atoms with van der Waals surface area (Å²) < 4.78 is 20.1. The van der Waals surface area contributed by atoms with E-state index in [-0.39, 0.29) is 11.2 Å². The minimum absolute atomic E-state index is 0.137. The molecule has 2 aromatic rings. The largest absolute Gasteiger partial charge is 0.436 e. The lowest BCUT2D eigenvalue weighted by molar-refractivity contribution is 0.420. The number of aromatic nitrogens is 1. The van der Waals surface area contributed by atoms with Crippen LogP contribution in [0.1, 0.15) is 32.0 Å². The normalized spacial score (nSPS) is 11.5. The topological polar surface area (TPSA) is 48.1 Å². The Hall–Kier alpha value is -1.46. The van der Waals surface area contributed by atoms with Crippen molar-refractivity contribution in [2.24, 2.45) is 5.73 Å². The molecule has 0 amide bonds. The number of benzene rings is 1. The van der Waals surface area contributed by atoms with Crippen LogP contribution < -0.4 is 10.5 Å². The van der Waals surface area contributed by atoms with Crippen LogP contribution in [0.4, 0.5) is 4.39 Å². The van der Waals surface area contributed by atoms with Crippen LogP contribution in [-0.4, -0.2) is 4.98 Å². The minimum Gasteiger partial charge on any atom is -0.436 e. The third-order valence-corrected chi connectivity index (χ3v) is 3.47. The molecule has 0 aliphatic rings. The summed E-state index contributed by atoms with van der Waals surface area (Å²) in [6.07, 6.45) is 0. The summed E-state index contributed by atoms with van der Waals surface area (Å²) in [4.78, 5) is 4.46. The van der Waals surface area contributed by atoms with Gasteiger partial charge in [-0.3, -0.25) is 0 Å². The Morgan fingerprint density at radius 3 is 2.52 bits per heavy atom. The van der Waals surface area contributed by atoms with Gasteiger partial charge in [0, 0.05) is 22.5 Å². The molecule has 0 atom stereocenters. The van der Waals surface area contributed by atoms with E-state index in [1.165, 1.54) is 6.07 Å². The molecule has 1 aromatic heterocycles. The molecule has 0 saturated carbocycles. The van der Waals surface area contributed by atoms with Crippen molar-refractivity contribution < 1.29 is 9.13 Å². The van der Waals surface area contributed by atoms with Crippen molar-refractivity contribution in [3.63, 3.8) is 0 Å². The molecule has 0 radical (unpaired) electrons. The Morgan fingerprint density at radius 1 is 1.24 bits per heavy atom. The highest BCUT2D eigenvalue weighted by atomic mass is 79.9. The van der Waals surface area contributed by atoms with Crippen molar-refractivity contribution >= 4 is 15.9 Å². The average molecular weight is 353 g/mol. The highest BCUT2D eigenvalue weighted by Gasteiger charge is 2.18. The van der Waals surface area contributed by atoms with Crippen molar-refractivity contribution in [1.29, 1.82) is 0 Å². The zero-order valence-electron chi connectivity index (χ0n) is 12.3. The summed E-state index contributed by atoms with van der Waals surface area (Å²) in [7, 11) is 0.